The molecule has 1 unspecified atom stereocenters. The molecule has 1 amide bonds. The van der Waals surface area contributed by atoms with Crippen LogP contribution in [0, 0.1) is 0 Å². The molecule has 0 bridgehead atoms. The lowest BCUT2D eigenvalue weighted by Crippen LogP contribution is -2.38. The van der Waals surface area contributed by atoms with Gasteiger partial charge in [0.25, 0.3) is 0 Å². The molecule has 0 aromatic carbocycles. The van der Waals surface area contributed by atoms with Gasteiger partial charge in [-0.25, -0.2) is 9.97 Å². The molecule has 6 nitrogen and oxygen atoms in total. The smallest absolute Gasteiger partial charge is 0.220 e. The lowest BCUT2D eigenvalue weighted by Gasteiger charge is -2.35. The molecule has 1 aromatic rings. The van der Waals surface area contributed by atoms with Crippen molar-refractivity contribution in [3.8, 4) is 0 Å². The highest BCUT2D eigenvalue weighted by molar-refractivity contribution is 5.73. The molecule has 0 radical (unpaired) electrons. The quantitative estimate of drug-likeness (QED) is 0.838. The average molecular weight is 289 g/mol. The van der Waals surface area contributed by atoms with E-state index in [9.17, 15) is 4.79 Å². The van der Waals surface area contributed by atoms with Crippen LogP contribution in [0.1, 0.15) is 49.3 Å². The Bertz CT molecular complexity index is 559. The van der Waals surface area contributed by atoms with Crippen LogP contribution in [0.2, 0.25) is 0 Å². The van der Waals surface area contributed by atoms with E-state index in [-0.39, 0.29) is 11.9 Å². The van der Waals surface area contributed by atoms with Gasteiger partial charge in [0.1, 0.15) is 5.82 Å². The molecule has 1 saturated heterocycles. The van der Waals surface area contributed by atoms with Crippen molar-refractivity contribution in [2.75, 3.05) is 25.9 Å². The van der Waals surface area contributed by atoms with Gasteiger partial charge in [-0.1, -0.05) is 0 Å². The SMILES string of the molecule is CC(=O)N1CCCCC1c1nc(N)c2c(n1)CN(C)CC2. The molecule has 0 saturated carbocycles. The van der Waals surface area contributed by atoms with Gasteiger partial charge < -0.3 is 15.5 Å². The number of nitrogens with zero attached hydrogens (tertiary/aromatic N) is 4. The van der Waals surface area contributed by atoms with Crippen LogP contribution in [0.4, 0.5) is 5.82 Å². The number of hydrogen-bond acceptors (Lipinski definition) is 5. The van der Waals surface area contributed by atoms with Crippen LogP contribution >= 0.6 is 0 Å². The molecular formula is C15H23N5O. The van der Waals surface area contributed by atoms with E-state index in [4.69, 9.17) is 10.7 Å². The maximum absolute atomic E-state index is 11.8. The summed E-state index contributed by atoms with van der Waals surface area (Å²) >= 11 is 0. The predicted molar refractivity (Wildman–Crippen MR) is 80.5 cm³/mol. The number of aromatic nitrogens is 2. The van der Waals surface area contributed by atoms with Gasteiger partial charge in [0, 0.05) is 32.1 Å². The Labute approximate surface area is 125 Å². The molecule has 21 heavy (non-hydrogen) atoms. The molecule has 2 aliphatic rings. The number of carbonyl (C=O) groups is 1. The summed E-state index contributed by atoms with van der Waals surface area (Å²) < 4.78 is 0. The molecule has 1 fully saturated rings. The molecule has 0 aliphatic carbocycles. The van der Waals surface area contributed by atoms with Crippen LogP contribution in [-0.4, -0.2) is 45.8 Å². The van der Waals surface area contributed by atoms with Crippen molar-refractivity contribution < 1.29 is 4.79 Å². The number of nitrogen functional groups attached to an aromatic ring is 1. The Kier molecular flexibility index (Phi) is 3.80. The summed E-state index contributed by atoms with van der Waals surface area (Å²) in [5.74, 6) is 1.41. The Morgan fingerprint density at radius 3 is 2.86 bits per heavy atom. The van der Waals surface area contributed by atoms with Gasteiger partial charge in [-0.15, -0.1) is 0 Å². The van der Waals surface area contributed by atoms with E-state index in [2.05, 4.69) is 16.9 Å². The van der Waals surface area contributed by atoms with Crippen LogP contribution in [-0.2, 0) is 17.8 Å². The number of carbonyl (C=O) groups excluding carboxylic acids is 1. The maximum Gasteiger partial charge on any atom is 0.220 e. The minimum absolute atomic E-state index is 0.0175. The number of likely N-dealkylation sites (N-methyl/N-ethyl adjacent to an activating group) is 1. The monoisotopic (exact) mass is 289 g/mol. The van der Waals surface area contributed by atoms with Crippen molar-refractivity contribution in [2.24, 2.45) is 0 Å². The minimum atomic E-state index is -0.0175. The number of piperidine rings is 1. The van der Waals surface area contributed by atoms with Gasteiger partial charge in [-0.05, 0) is 32.7 Å². The average Bonchev–Trinajstić information content (AvgIpc) is 2.46. The normalized spacial score (nSPS) is 23.0. The van der Waals surface area contributed by atoms with E-state index < -0.39 is 0 Å². The van der Waals surface area contributed by atoms with Gasteiger partial charge in [0.15, 0.2) is 5.82 Å². The molecule has 0 spiro atoms. The highest BCUT2D eigenvalue weighted by Crippen LogP contribution is 2.31. The minimum Gasteiger partial charge on any atom is -0.383 e. The van der Waals surface area contributed by atoms with Crippen LogP contribution in [0.3, 0.4) is 0 Å². The zero-order valence-electron chi connectivity index (χ0n) is 12.8. The number of rotatable bonds is 1. The van der Waals surface area contributed by atoms with E-state index in [1.807, 2.05) is 4.90 Å². The van der Waals surface area contributed by atoms with E-state index in [1.165, 1.54) is 0 Å². The highest BCUT2D eigenvalue weighted by atomic mass is 16.2. The molecule has 114 valence electrons. The van der Waals surface area contributed by atoms with E-state index in [0.717, 1.165) is 62.4 Å². The van der Waals surface area contributed by atoms with Gasteiger partial charge in [0.2, 0.25) is 5.91 Å². The number of amides is 1. The van der Waals surface area contributed by atoms with Crippen LogP contribution < -0.4 is 5.73 Å². The van der Waals surface area contributed by atoms with Gasteiger partial charge in [-0.3, -0.25) is 4.79 Å². The summed E-state index contributed by atoms with van der Waals surface area (Å²) in [7, 11) is 2.09. The second-order valence-corrected chi connectivity index (χ2v) is 6.10. The van der Waals surface area contributed by atoms with Crippen molar-refractivity contribution in [3.63, 3.8) is 0 Å². The van der Waals surface area contributed by atoms with E-state index >= 15 is 0 Å². The molecule has 6 heteroatoms. The van der Waals surface area contributed by atoms with Crippen LogP contribution in [0.5, 0.6) is 0 Å². The Morgan fingerprint density at radius 2 is 2.10 bits per heavy atom. The Morgan fingerprint density at radius 1 is 1.29 bits per heavy atom. The summed E-state index contributed by atoms with van der Waals surface area (Å²) in [6.07, 6.45) is 3.99. The first kappa shape index (κ1) is 14.3. The summed E-state index contributed by atoms with van der Waals surface area (Å²) in [6.45, 7) is 4.21. The van der Waals surface area contributed by atoms with Gasteiger partial charge in [0.05, 0.1) is 11.7 Å². The summed E-state index contributed by atoms with van der Waals surface area (Å²) in [5, 5.41) is 0. The number of hydrogen-bond donors (Lipinski definition) is 1. The number of anilines is 1. The van der Waals surface area contributed by atoms with Crippen molar-refractivity contribution in [1.82, 2.24) is 19.8 Å². The van der Waals surface area contributed by atoms with Crippen molar-refractivity contribution in [2.45, 2.75) is 45.2 Å². The lowest BCUT2D eigenvalue weighted by atomic mass is 10.00. The third kappa shape index (κ3) is 2.72. The van der Waals surface area contributed by atoms with Gasteiger partial charge >= 0.3 is 0 Å². The zero-order chi connectivity index (χ0) is 15.0. The second-order valence-electron chi connectivity index (χ2n) is 6.10. The first-order valence-corrected chi connectivity index (χ1v) is 7.67. The number of nitrogens with two attached hydrogens (primary N) is 1. The molecule has 1 aromatic heterocycles. The topological polar surface area (TPSA) is 75.3 Å². The molecule has 3 heterocycles. The fourth-order valence-corrected chi connectivity index (χ4v) is 3.34. The van der Waals surface area contributed by atoms with Crippen molar-refractivity contribution in [3.05, 3.63) is 17.1 Å². The maximum atomic E-state index is 11.8. The fourth-order valence-electron chi connectivity index (χ4n) is 3.34. The van der Waals surface area contributed by atoms with E-state index in [1.54, 1.807) is 6.92 Å². The number of fused-ring (bicyclic) bond motifs is 1. The summed E-state index contributed by atoms with van der Waals surface area (Å²) in [4.78, 5) is 25.2. The van der Waals surface area contributed by atoms with Crippen molar-refractivity contribution >= 4 is 11.7 Å². The highest BCUT2D eigenvalue weighted by Gasteiger charge is 2.30. The first-order valence-electron chi connectivity index (χ1n) is 7.67. The third-order valence-corrected chi connectivity index (χ3v) is 4.51. The third-order valence-electron chi connectivity index (χ3n) is 4.51. The number of likely N-dealkylation sites (tertiary alicyclic amines) is 1. The second kappa shape index (κ2) is 5.60. The lowest BCUT2D eigenvalue weighted by molar-refractivity contribution is -0.132. The summed E-state index contributed by atoms with van der Waals surface area (Å²) in [6, 6.07) is -0.0175. The van der Waals surface area contributed by atoms with Crippen LogP contribution in [0.15, 0.2) is 0 Å². The van der Waals surface area contributed by atoms with Crippen molar-refractivity contribution in [1.29, 1.82) is 0 Å². The molecule has 3 rings (SSSR count). The van der Waals surface area contributed by atoms with Gasteiger partial charge in [-0.2, -0.15) is 0 Å². The first-order chi connectivity index (χ1) is 10.1. The Hall–Kier alpha value is -1.69. The molecular weight excluding hydrogens is 266 g/mol. The standard InChI is InChI=1S/C15H23N5O/c1-10(21)20-7-4-3-5-13(20)15-17-12-9-19(2)8-6-11(12)14(16)18-15/h13H,3-9H2,1-2H3,(H2,16,17,18). The molecule has 2 aliphatic heterocycles. The largest absolute Gasteiger partial charge is 0.383 e. The van der Waals surface area contributed by atoms with E-state index in [0.29, 0.717) is 5.82 Å². The summed E-state index contributed by atoms with van der Waals surface area (Å²) in [5.41, 5.74) is 8.26. The Balaban J connectivity index is 1.96. The molecule has 1 atom stereocenters. The predicted octanol–water partition coefficient (Wildman–Crippen LogP) is 1.12. The fraction of sp³-hybridized carbons (Fsp3) is 0.667. The van der Waals surface area contributed by atoms with Crippen LogP contribution in [0.25, 0.3) is 0 Å². The zero-order valence-corrected chi connectivity index (χ0v) is 12.8. The molecule has 2 N–H and O–H groups in total.